The fourth-order valence-electron chi connectivity index (χ4n) is 4.30. The van der Waals surface area contributed by atoms with Crippen LogP contribution in [0.4, 0.5) is 18.9 Å². The molecule has 3 aliphatic heterocycles. The van der Waals surface area contributed by atoms with E-state index in [2.05, 4.69) is 14.7 Å². The van der Waals surface area contributed by atoms with E-state index in [4.69, 9.17) is 14.2 Å². The third-order valence-corrected chi connectivity index (χ3v) is 5.65. The van der Waals surface area contributed by atoms with E-state index in [0.717, 1.165) is 0 Å². The number of hydrogen-bond acceptors (Lipinski definition) is 7. The van der Waals surface area contributed by atoms with Gasteiger partial charge in [0, 0.05) is 17.3 Å². The van der Waals surface area contributed by atoms with Gasteiger partial charge in [-0.15, -0.1) is 0 Å². The molecule has 2 aromatic carbocycles. The first-order valence-corrected chi connectivity index (χ1v) is 9.26. The van der Waals surface area contributed by atoms with Crippen molar-refractivity contribution >= 4 is 11.6 Å². The smallest absolute Gasteiger partial charge is 0.471 e. The number of carbonyl (C=O) groups is 1. The van der Waals surface area contributed by atoms with Gasteiger partial charge in [0.05, 0.1) is 6.54 Å². The maximum Gasteiger partial charge on any atom is 0.471 e. The molecular formula is C20H12F3N3O5. The summed E-state index contributed by atoms with van der Waals surface area (Å²) in [7, 11) is 0. The SMILES string of the molecule is O=C1N(Cc2noc(C(F)(F)F)n2)c2ccccc2C12COc1cc3c(cc12)OCO3. The lowest BCUT2D eigenvalue weighted by molar-refractivity contribution is -0.159. The van der Waals surface area contributed by atoms with E-state index in [0.29, 0.717) is 34.1 Å². The molecule has 158 valence electrons. The van der Waals surface area contributed by atoms with Gasteiger partial charge in [-0.2, -0.15) is 18.2 Å². The molecule has 31 heavy (non-hydrogen) atoms. The zero-order chi connectivity index (χ0) is 21.4. The molecule has 1 aromatic heterocycles. The predicted molar refractivity (Wildman–Crippen MR) is 95.8 cm³/mol. The Hall–Kier alpha value is -3.76. The third kappa shape index (κ3) is 2.39. The highest BCUT2D eigenvalue weighted by atomic mass is 19.4. The van der Waals surface area contributed by atoms with Crippen LogP contribution in [0.5, 0.6) is 17.2 Å². The lowest BCUT2D eigenvalue weighted by Crippen LogP contribution is -2.42. The standard InChI is InChI=1S/C20H12F3N3O5/c21-20(22,23)17-24-16(25-31-17)7-26-12-4-2-1-3-10(12)19(18(26)27)8-28-13-6-15-14(5-11(13)19)29-9-30-15/h1-6H,7-9H2. The second-order valence-corrected chi connectivity index (χ2v) is 7.32. The Morgan fingerprint density at radius 1 is 1.03 bits per heavy atom. The molecule has 11 heteroatoms. The molecule has 1 unspecified atom stereocenters. The van der Waals surface area contributed by atoms with E-state index in [9.17, 15) is 18.0 Å². The minimum atomic E-state index is -4.76. The van der Waals surface area contributed by atoms with Gasteiger partial charge in [-0.1, -0.05) is 23.4 Å². The Balaban J connectivity index is 1.44. The third-order valence-electron chi connectivity index (χ3n) is 5.65. The normalized spacial score (nSPS) is 20.9. The average Bonchev–Trinajstić information content (AvgIpc) is 3.50. The molecule has 0 aliphatic carbocycles. The minimum absolute atomic E-state index is 0.0393. The van der Waals surface area contributed by atoms with Crippen molar-refractivity contribution in [1.29, 1.82) is 0 Å². The Labute approximate surface area is 172 Å². The quantitative estimate of drug-likeness (QED) is 0.617. The lowest BCUT2D eigenvalue weighted by Gasteiger charge is -2.22. The Morgan fingerprint density at radius 2 is 1.81 bits per heavy atom. The fourth-order valence-corrected chi connectivity index (χ4v) is 4.30. The van der Waals surface area contributed by atoms with Gasteiger partial charge in [-0.3, -0.25) is 4.79 Å². The lowest BCUT2D eigenvalue weighted by atomic mass is 9.77. The molecular weight excluding hydrogens is 419 g/mol. The van der Waals surface area contributed by atoms with Gasteiger partial charge < -0.3 is 23.6 Å². The van der Waals surface area contributed by atoms with Crippen molar-refractivity contribution in [3.63, 3.8) is 0 Å². The molecule has 1 atom stereocenters. The number of ether oxygens (including phenoxy) is 3. The van der Waals surface area contributed by atoms with Crippen LogP contribution in [0.2, 0.25) is 0 Å². The first kappa shape index (κ1) is 18.0. The summed E-state index contributed by atoms with van der Waals surface area (Å²) >= 11 is 0. The van der Waals surface area contributed by atoms with Crippen LogP contribution in [0.25, 0.3) is 0 Å². The van der Waals surface area contributed by atoms with Gasteiger partial charge in [0.15, 0.2) is 17.3 Å². The van der Waals surface area contributed by atoms with E-state index in [1.807, 2.05) is 0 Å². The van der Waals surface area contributed by atoms with Crippen LogP contribution >= 0.6 is 0 Å². The number of anilines is 1. The maximum atomic E-state index is 13.7. The van der Waals surface area contributed by atoms with Crippen molar-refractivity contribution in [2.24, 2.45) is 0 Å². The van der Waals surface area contributed by atoms with Crippen molar-refractivity contribution in [2.75, 3.05) is 18.3 Å². The number of aromatic nitrogens is 2. The number of carbonyl (C=O) groups excluding carboxylic acids is 1. The van der Waals surface area contributed by atoms with E-state index in [1.54, 1.807) is 36.4 Å². The molecule has 0 bridgehead atoms. The number of nitrogens with zero attached hydrogens (tertiary/aromatic N) is 3. The van der Waals surface area contributed by atoms with Crippen molar-refractivity contribution < 1.29 is 36.7 Å². The summed E-state index contributed by atoms with van der Waals surface area (Å²) in [5.41, 5.74) is 0.668. The zero-order valence-electron chi connectivity index (χ0n) is 15.6. The van der Waals surface area contributed by atoms with E-state index in [1.165, 1.54) is 4.90 Å². The number of fused-ring (bicyclic) bond motifs is 5. The molecule has 0 saturated carbocycles. The number of alkyl halides is 3. The monoisotopic (exact) mass is 431 g/mol. The summed E-state index contributed by atoms with van der Waals surface area (Å²) in [5, 5.41) is 3.39. The number of para-hydroxylation sites is 1. The molecule has 0 radical (unpaired) electrons. The van der Waals surface area contributed by atoms with E-state index >= 15 is 0 Å². The molecule has 0 fully saturated rings. The highest BCUT2D eigenvalue weighted by Gasteiger charge is 2.57. The number of rotatable bonds is 2. The molecule has 1 spiro atoms. The zero-order valence-corrected chi connectivity index (χ0v) is 15.6. The van der Waals surface area contributed by atoms with E-state index in [-0.39, 0.29) is 31.7 Å². The van der Waals surface area contributed by atoms with Crippen molar-refractivity contribution in [2.45, 2.75) is 18.1 Å². The van der Waals surface area contributed by atoms with Gasteiger partial charge in [-0.05, 0) is 17.7 Å². The van der Waals surface area contributed by atoms with Crippen LogP contribution in [0, 0.1) is 0 Å². The average molecular weight is 431 g/mol. The van der Waals surface area contributed by atoms with Crippen LogP contribution in [0.15, 0.2) is 40.9 Å². The van der Waals surface area contributed by atoms with Gasteiger partial charge >= 0.3 is 12.1 Å². The number of benzene rings is 2. The highest BCUT2D eigenvalue weighted by Crippen LogP contribution is 2.55. The molecule has 6 rings (SSSR count). The van der Waals surface area contributed by atoms with Gasteiger partial charge in [0.2, 0.25) is 12.7 Å². The van der Waals surface area contributed by atoms with Gasteiger partial charge in [0.1, 0.15) is 17.8 Å². The topological polar surface area (TPSA) is 86.9 Å². The first-order chi connectivity index (χ1) is 14.9. The summed E-state index contributed by atoms with van der Waals surface area (Å²) in [4.78, 5) is 18.5. The van der Waals surface area contributed by atoms with Crippen LogP contribution in [0.1, 0.15) is 22.8 Å². The van der Waals surface area contributed by atoms with Crippen molar-refractivity contribution in [3.8, 4) is 17.2 Å². The largest absolute Gasteiger partial charge is 0.491 e. The van der Waals surface area contributed by atoms with Crippen LogP contribution in [-0.2, 0) is 22.9 Å². The van der Waals surface area contributed by atoms with Gasteiger partial charge in [0.25, 0.3) is 0 Å². The minimum Gasteiger partial charge on any atom is -0.491 e. The molecule has 8 nitrogen and oxygen atoms in total. The summed E-state index contributed by atoms with van der Waals surface area (Å²) in [5.74, 6) is -0.548. The Bertz CT molecular complexity index is 1240. The predicted octanol–water partition coefficient (Wildman–Crippen LogP) is 3.04. The molecule has 3 aliphatic rings. The second-order valence-electron chi connectivity index (χ2n) is 7.32. The number of halogens is 3. The van der Waals surface area contributed by atoms with Crippen LogP contribution < -0.4 is 19.1 Å². The van der Waals surface area contributed by atoms with Gasteiger partial charge in [-0.25, -0.2) is 0 Å². The summed E-state index contributed by atoms with van der Waals surface area (Å²) in [6.45, 7) is -0.171. The molecule has 0 saturated heterocycles. The second kappa shape index (κ2) is 5.90. The highest BCUT2D eigenvalue weighted by molar-refractivity contribution is 6.11. The Kier molecular flexibility index (Phi) is 3.43. The molecule has 0 N–H and O–H groups in total. The Morgan fingerprint density at radius 3 is 2.58 bits per heavy atom. The van der Waals surface area contributed by atoms with Crippen molar-refractivity contribution in [1.82, 2.24) is 10.1 Å². The molecule has 1 amide bonds. The van der Waals surface area contributed by atoms with Crippen molar-refractivity contribution in [3.05, 3.63) is 59.2 Å². The molecule has 4 heterocycles. The summed E-state index contributed by atoms with van der Waals surface area (Å²) in [6.07, 6.45) is -4.76. The summed E-state index contributed by atoms with van der Waals surface area (Å²) < 4.78 is 59.5. The number of hydrogen-bond donors (Lipinski definition) is 0. The fraction of sp³-hybridized carbons (Fsp3) is 0.250. The first-order valence-electron chi connectivity index (χ1n) is 9.26. The maximum absolute atomic E-state index is 13.7. The number of amides is 1. The van der Waals surface area contributed by atoms with Crippen LogP contribution in [0.3, 0.4) is 0 Å². The van der Waals surface area contributed by atoms with Crippen LogP contribution in [-0.4, -0.2) is 29.4 Å². The summed E-state index contributed by atoms with van der Waals surface area (Å²) in [6, 6.07) is 10.5. The molecule has 3 aromatic rings. The van der Waals surface area contributed by atoms with E-state index < -0.39 is 17.5 Å².